The lowest BCUT2D eigenvalue weighted by Gasteiger charge is -2.33. The molecule has 0 saturated heterocycles. The topological polar surface area (TPSA) is 61.8 Å². The van der Waals surface area contributed by atoms with Gasteiger partial charge in [-0.15, -0.1) is 13.2 Å². The molecule has 0 fully saturated rings. The summed E-state index contributed by atoms with van der Waals surface area (Å²) in [5, 5.41) is 0. The summed E-state index contributed by atoms with van der Waals surface area (Å²) in [5.41, 5.74) is 3.34. The quantitative estimate of drug-likeness (QED) is 0.167. The van der Waals surface area contributed by atoms with Crippen molar-refractivity contribution in [2.24, 2.45) is 0 Å². The minimum atomic E-state index is -2.17. The number of carbonyl (C=O) groups excluding carboxylic acids is 2. The molecule has 0 atom stereocenters. The first-order chi connectivity index (χ1) is 15.5. The van der Waals surface area contributed by atoms with Crippen molar-refractivity contribution < 1.29 is 23.2 Å². The van der Waals surface area contributed by atoms with Crippen molar-refractivity contribution in [3.8, 4) is 0 Å². The molecule has 180 valence electrons. The van der Waals surface area contributed by atoms with E-state index in [1.807, 2.05) is 38.1 Å². The first kappa shape index (κ1) is 28.5. The molecule has 5 nitrogen and oxygen atoms in total. The van der Waals surface area contributed by atoms with Crippen LogP contribution in [0.5, 0.6) is 0 Å². The van der Waals surface area contributed by atoms with Gasteiger partial charge in [0.1, 0.15) is 6.23 Å². The molecule has 0 heterocycles. The van der Waals surface area contributed by atoms with E-state index in [9.17, 15) is 9.59 Å². The summed E-state index contributed by atoms with van der Waals surface area (Å²) in [6, 6.07) is 15.6. The SMILES string of the molecule is C=C.Cc1ccc(C(=O)OCCC[Si](C)(C)O[Si](C)(C)COC(=O)c2ccc(C)cc2)cc1. The van der Waals surface area contributed by atoms with Crippen LogP contribution in [0.4, 0.5) is 0 Å². The lowest BCUT2D eigenvalue weighted by molar-refractivity contribution is 0.0503. The zero-order valence-electron chi connectivity index (χ0n) is 20.9. The minimum absolute atomic E-state index is 0.293. The molecule has 2 rings (SSSR count). The zero-order chi connectivity index (χ0) is 25.1. The summed E-state index contributed by atoms with van der Waals surface area (Å²) in [4.78, 5) is 24.4. The summed E-state index contributed by atoms with van der Waals surface area (Å²) < 4.78 is 17.4. The molecule has 2 aromatic carbocycles. The number of aryl methyl sites for hydroxylation is 2. The Bertz CT molecular complexity index is 890. The average molecular weight is 487 g/mol. The highest BCUT2D eigenvalue weighted by atomic mass is 28.4. The Hall–Kier alpha value is -2.49. The maximum atomic E-state index is 12.3. The van der Waals surface area contributed by atoms with Gasteiger partial charge in [0.2, 0.25) is 8.32 Å². The smallest absolute Gasteiger partial charge is 0.338 e. The molecule has 2 aromatic rings. The molecular weight excluding hydrogens is 448 g/mol. The van der Waals surface area contributed by atoms with Crippen molar-refractivity contribution in [3.63, 3.8) is 0 Å². The van der Waals surface area contributed by atoms with E-state index in [2.05, 4.69) is 39.3 Å². The second-order valence-corrected chi connectivity index (χ2v) is 17.8. The fourth-order valence-electron chi connectivity index (χ4n) is 3.28. The molecule has 0 unspecified atom stereocenters. The maximum absolute atomic E-state index is 12.3. The van der Waals surface area contributed by atoms with E-state index in [-0.39, 0.29) is 11.9 Å². The number of esters is 2. The molecular formula is C26H38O5Si2. The van der Waals surface area contributed by atoms with E-state index < -0.39 is 16.6 Å². The summed E-state index contributed by atoms with van der Waals surface area (Å²) in [6.07, 6.45) is 1.07. The largest absolute Gasteiger partial charge is 0.463 e. The molecule has 0 spiro atoms. The van der Waals surface area contributed by atoms with Crippen LogP contribution >= 0.6 is 0 Å². The summed E-state index contributed by atoms with van der Waals surface area (Å²) in [7, 11) is -4.15. The van der Waals surface area contributed by atoms with Crippen LogP contribution in [0, 0.1) is 13.8 Å². The normalized spacial score (nSPS) is 11.2. The summed E-state index contributed by atoms with van der Waals surface area (Å²) >= 11 is 0. The van der Waals surface area contributed by atoms with Gasteiger partial charge in [0.05, 0.1) is 17.7 Å². The van der Waals surface area contributed by atoms with Crippen molar-refractivity contribution >= 4 is 28.6 Å². The van der Waals surface area contributed by atoms with Crippen molar-refractivity contribution in [1.82, 2.24) is 0 Å². The Labute approximate surface area is 201 Å². The van der Waals surface area contributed by atoms with E-state index >= 15 is 0 Å². The predicted octanol–water partition coefficient (Wildman–Crippen LogP) is 6.48. The van der Waals surface area contributed by atoms with Gasteiger partial charge < -0.3 is 13.6 Å². The number of ether oxygens (including phenoxy) is 2. The lowest BCUT2D eigenvalue weighted by atomic mass is 10.1. The second kappa shape index (κ2) is 13.3. The molecule has 0 amide bonds. The molecule has 0 aliphatic rings. The van der Waals surface area contributed by atoms with E-state index in [0.29, 0.717) is 24.0 Å². The van der Waals surface area contributed by atoms with Crippen LogP contribution in [-0.2, 0) is 13.6 Å². The molecule has 0 aliphatic heterocycles. The average Bonchev–Trinajstić information content (AvgIpc) is 2.76. The van der Waals surface area contributed by atoms with Gasteiger partial charge in [-0.1, -0.05) is 35.4 Å². The van der Waals surface area contributed by atoms with Gasteiger partial charge in [-0.2, -0.15) is 0 Å². The van der Waals surface area contributed by atoms with Crippen LogP contribution in [0.25, 0.3) is 0 Å². The highest BCUT2D eigenvalue weighted by Gasteiger charge is 2.34. The van der Waals surface area contributed by atoms with Gasteiger partial charge in [-0.3, -0.25) is 0 Å². The van der Waals surface area contributed by atoms with E-state index in [0.717, 1.165) is 23.6 Å². The van der Waals surface area contributed by atoms with E-state index in [1.54, 1.807) is 24.3 Å². The van der Waals surface area contributed by atoms with Gasteiger partial charge in [-0.05, 0) is 76.8 Å². The fourth-order valence-corrected chi connectivity index (χ4v) is 11.4. The van der Waals surface area contributed by atoms with Gasteiger partial charge in [-0.25, -0.2) is 9.59 Å². The fraction of sp³-hybridized carbons (Fsp3) is 0.385. The molecule has 7 heteroatoms. The number of hydrogen-bond acceptors (Lipinski definition) is 5. The number of rotatable bonds is 10. The third-order valence-corrected chi connectivity index (χ3v) is 11.7. The standard InChI is InChI=1S/C24H34O5Si2.C2H4/c1-19-8-12-21(13-9-19)23(25)27-16-7-17-30(3,4)29-31(5,6)18-28-24(26)22-14-10-20(2)11-15-22;1-2/h8-15H,7,16-18H2,1-6H3;1-2H2. The molecule has 33 heavy (non-hydrogen) atoms. The summed E-state index contributed by atoms with van der Waals surface area (Å²) in [6.45, 7) is 18.8. The Morgan fingerprint density at radius 1 is 0.727 bits per heavy atom. The highest BCUT2D eigenvalue weighted by Crippen LogP contribution is 2.21. The Morgan fingerprint density at radius 2 is 1.15 bits per heavy atom. The molecule has 0 bridgehead atoms. The van der Waals surface area contributed by atoms with E-state index in [1.165, 1.54) is 0 Å². The molecule has 0 N–H and O–H groups in total. The zero-order valence-corrected chi connectivity index (χ0v) is 22.9. The van der Waals surface area contributed by atoms with Crippen molar-refractivity contribution in [3.05, 3.63) is 83.9 Å². The molecule has 0 aromatic heterocycles. The van der Waals surface area contributed by atoms with E-state index in [4.69, 9.17) is 13.6 Å². The summed E-state index contributed by atoms with van der Waals surface area (Å²) in [5.74, 6) is -0.607. The maximum Gasteiger partial charge on any atom is 0.338 e. The van der Waals surface area contributed by atoms with Gasteiger partial charge in [0.25, 0.3) is 0 Å². The van der Waals surface area contributed by atoms with Crippen LogP contribution in [0.2, 0.25) is 32.2 Å². The van der Waals surface area contributed by atoms with Crippen LogP contribution in [0.1, 0.15) is 38.3 Å². The first-order valence-corrected chi connectivity index (χ1v) is 17.4. The second-order valence-electron chi connectivity index (χ2n) is 9.17. The number of carbonyl (C=O) groups is 2. The molecule has 0 radical (unpaired) electrons. The third kappa shape index (κ3) is 10.8. The monoisotopic (exact) mass is 486 g/mol. The van der Waals surface area contributed by atoms with Crippen LogP contribution in [0.3, 0.4) is 0 Å². The Balaban J connectivity index is 0.00000265. The van der Waals surface area contributed by atoms with Crippen LogP contribution < -0.4 is 0 Å². The van der Waals surface area contributed by atoms with Gasteiger partial charge >= 0.3 is 11.9 Å². The predicted molar refractivity (Wildman–Crippen MR) is 140 cm³/mol. The van der Waals surface area contributed by atoms with Crippen molar-refractivity contribution in [1.29, 1.82) is 0 Å². The molecule has 0 aliphatic carbocycles. The van der Waals surface area contributed by atoms with Gasteiger partial charge in [0.15, 0.2) is 8.32 Å². The Morgan fingerprint density at radius 3 is 1.61 bits per heavy atom. The molecule has 0 saturated carbocycles. The van der Waals surface area contributed by atoms with Gasteiger partial charge in [0, 0.05) is 0 Å². The van der Waals surface area contributed by atoms with Crippen LogP contribution in [-0.4, -0.2) is 41.4 Å². The number of benzene rings is 2. The first-order valence-electron chi connectivity index (χ1n) is 11.2. The van der Waals surface area contributed by atoms with Crippen molar-refractivity contribution in [2.75, 3.05) is 12.8 Å². The minimum Gasteiger partial charge on any atom is -0.463 e. The van der Waals surface area contributed by atoms with Crippen molar-refractivity contribution in [2.45, 2.75) is 52.5 Å². The Kier molecular flexibility index (Phi) is 11.5. The van der Waals surface area contributed by atoms with Crippen LogP contribution in [0.15, 0.2) is 61.7 Å². The highest BCUT2D eigenvalue weighted by molar-refractivity contribution is 6.84. The third-order valence-electron chi connectivity index (χ3n) is 4.83. The number of hydrogen-bond donors (Lipinski definition) is 0. The lowest BCUT2D eigenvalue weighted by Crippen LogP contribution is -2.48.